The first-order valence-electron chi connectivity index (χ1n) is 5.33. The molecule has 1 heterocycles. The molecule has 0 fully saturated rings. The highest BCUT2D eigenvalue weighted by molar-refractivity contribution is 5.85. The zero-order valence-electron chi connectivity index (χ0n) is 9.48. The highest BCUT2D eigenvalue weighted by Crippen LogP contribution is 2.24. The van der Waals surface area contributed by atoms with Crippen LogP contribution in [0.3, 0.4) is 0 Å². The minimum Gasteiger partial charge on any atom is -0.478 e. The Morgan fingerprint density at radius 1 is 1.22 bits per heavy atom. The summed E-state index contributed by atoms with van der Waals surface area (Å²) in [6.45, 7) is 0. The average molecular weight is 241 g/mol. The van der Waals surface area contributed by atoms with Gasteiger partial charge in [-0.25, -0.2) is 4.79 Å². The smallest absolute Gasteiger partial charge is 0.328 e. The molecule has 18 heavy (non-hydrogen) atoms. The van der Waals surface area contributed by atoms with Gasteiger partial charge in [-0.3, -0.25) is 4.98 Å². The number of pyridine rings is 1. The lowest BCUT2D eigenvalue weighted by Crippen LogP contribution is -1.90. The Morgan fingerprint density at radius 3 is 2.72 bits per heavy atom. The van der Waals surface area contributed by atoms with Crippen LogP contribution < -0.4 is 4.74 Å². The molecule has 4 nitrogen and oxygen atoms in total. The topological polar surface area (TPSA) is 59.4 Å². The van der Waals surface area contributed by atoms with Gasteiger partial charge >= 0.3 is 5.97 Å². The van der Waals surface area contributed by atoms with Gasteiger partial charge in [-0.2, -0.15) is 0 Å². The molecule has 0 amide bonds. The molecule has 0 aliphatic rings. The third kappa shape index (κ3) is 3.18. The van der Waals surface area contributed by atoms with Crippen LogP contribution in [0.25, 0.3) is 6.08 Å². The van der Waals surface area contributed by atoms with Gasteiger partial charge in [-0.05, 0) is 24.3 Å². The number of benzene rings is 1. The van der Waals surface area contributed by atoms with E-state index >= 15 is 0 Å². The Morgan fingerprint density at radius 2 is 2.00 bits per heavy atom. The fraction of sp³-hybridized carbons (Fsp3) is 0. The first-order chi connectivity index (χ1) is 8.75. The molecule has 0 bridgehead atoms. The van der Waals surface area contributed by atoms with Crippen molar-refractivity contribution in [1.29, 1.82) is 0 Å². The summed E-state index contributed by atoms with van der Waals surface area (Å²) in [5, 5.41) is 8.61. The molecule has 0 atom stereocenters. The highest BCUT2D eigenvalue weighted by Gasteiger charge is 2.02. The SMILES string of the molecule is O=C(O)/C=C/c1cnccc1Oc1ccccc1. The van der Waals surface area contributed by atoms with E-state index < -0.39 is 5.97 Å². The van der Waals surface area contributed by atoms with Gasteiger partial charge in [-0.15, -0.1) is 0 Å². The van der Waals surface area contributed by atoms with Crippen LogP contribution in [0.1, 0.15) is 5.56 Å². The molecular weight excluding hydrogens is 230 g/mol. The second-order valence-electron chi connectivity index (χ2n) is 3.50. The van der Waals surface area contributed by atoms with E-state index in [1.54, 1.807) is 18.5 Å². The van der Waals surface area contributed by atoms with Crippen LogP contribution in [-0.4, -0.2) is 16.1 Å². The van der Waals surface area contributed by atoms with E-state index in [2.05, 4.69) is 4.98 Å². The third-order valence-electron chi connectivity index (χ3n) is 2.19. The lowest BCUT2D eigenvalue weighted by molar-refractivity contribution is -0.131. The summed E-state index contributed by atoms with van der Waals surface area (Å²) in [5.74, 6) is 0.242. The number of carboxylic acid groups (broad SMARTS) is 1. The van der Waals surface area contributed by atoms with E-state index in [1.807, 2.05) is 30.3 Å². The molecule has 1 aromatic carbocycles. The van der Waals surface area contributed by atoms with Crippen molar-refractivity contribution in [2.45, 2.75) is 0 Å². The molecule has 0 saturated carbocycles. The number of rotatable bonds is 4. The third-order valence-corrected chi connectivity index (χ3v) is 2.19. The molecule has 1 aromatic heterocycles. The zero-order chi connectivity index (χ0) is 12.8. The molecule has 0 saturated heterocycles. The van der Waals surface area contributed by atoms with Gasteiger partial charge in [0.05, 0.1) is 0 Å². The van der Waals surface area contributed by atoms with Crippen molar-refractivity contribution in [3.8, 4) is 11.5 Å². The fourth-order valence-corrected chi connectivity index (χ4v) is 1.39. The summed E-state index contributed by atoms with van der Waals surface area (Å²) in [7, 11) is 0. The van der Waals surface area contributed by atoms with Gasteiger partial charge in [0.25, 0.3) is 0 Å². The molecule has 0 unspecified atom stereocenters. The van der Waals surface area contributed by atoms with Crippen molar-refractivity contribution in [1.82, 2.24) is 4.98 Å². The molecule has 0 aliphatic heterocycles. The van der Waals surface area contributed by atoms with Crippen LogP contribution in [0, 0.1) is 0 Å². The predicted molar refractivity (Wildman–Crippen MR) is 67.4 cm³/mol. The monoisotopic (exact) mass is 241 g/mol. The Kier molecular flexibility index (Phi) is 3.71. The van der Waals surface area contributed by atoms with E-state index in [0.717, 1.165) is 6.08 Å². The molecular formula is C14H11NO3. The van der Waals surface area contributed by atoms with Crippen LogP contribution in [0.4, 0.5) is 0 Å². The summed E-state index contributed by atoms with van der Waals surface area (Å²) in [4.78, 5) is 14.4. The molecule has 2 rings (SSSR count). The maximum absolute atomic E-state index is 10.5. The summed E-state index contributed by atoms with van der Waals surface area (Å²) in [6, 6.07) is 11.0. The van der Waals surface area contributed by atoms with Gasteiger partial charge < -0.3 is 9.84 Å². The first-order valence-corrected chi connectivity index (χ1v) is 5.33. The summed E-state index contributed by atoms with van der Waals surface area (Å²) in [5.41, 5.74) is 0.615. The fourth-order valence-electron chi connectivity index (χ4n) is 1.39. The minimum absolute atomic E-state index is 0.564. The molecule has 0 spiro atoms. The number of hydrogen-bond donors (Lipinski definition) is 1. The van der Waals surface area contributed by atoms with Crippen LogP contribution >= 0.6 is 0 Å². The van der Waals surface area contributed by atoms with Crippen molar-refractivity contribution < 1.29 is 14.6 Å². The van der Waals surface area contributed by atoms with E-state index in [1.165, 1.54) is 6.08 Å². The Hall–Kier alpha value is -2.62. The molecule has 90 valence electrons. The van der Waals surface area contributed by atoms with Gasteiger partial charge in [-0.1, -0.05) is 18.2 Å². The van der Waals surface area contributed by atoms with E-state index in [-0.39, 0.29) is 0 Å². The number of aromatic nitrogens is 1. The second-order valence-corrected chi connectivity index (χ2v) is 3.50. The lowest BCUT2D eigenvalue weighted by Gasteiger charge is -2.07. The number of nitrogens with zero attached hydrogens (tertiary/aromatic N) is 1. The summed E-state index contributed by atoms with van der Waals surface area (Å²) in [6.07, 6.45) is 5.65. The van der Waals surface area contributed by atoms with E-state index in [9.17, 15) is 4.79 Å². The van der Waals surface area contributed by atoms with E-state index in [4.69, 9.17) is 9.84 Å². The Bertz CT molecular complexity index is 564. The molecule has 0 aliphatic carbocycles. The Labute approximate surface area is 104 Å². The summed E-state index contributed by atoms with van der Waals surface area (Å²) >= 11 is 0. The number of aliphatic carboxylic acids is 1. The van der Waals surface area contributed by atoms with Crippen molar-refractivity contribution in [3.05, 3.63) is 60.4 Å². The molecule has 0 radical (unpaired) electrons. The van der Waals surface area contributed by atoms with Crippen molar-refractivity contribution >= 4 is 12.0 Å². The van der Waals surface area contributed by atoms with Crippen molar-refractivity contribution in [3.63, 3.8) is 0 Å². The van der Waals surface area contributed by atoms with Gasteiger partial charge in [0, 0.05) is 24.0 Å². The maximum Gasteiger partial charge on any atom is 0.328 e. The molecule has 2 aromatic rings. The van der Waals surface area contributed by atoms with Crippen LogP contribution in [0.5, 0.6) is 11.5 Å². The number of carbonyl (C=O) groups is 1. The second kappa shape index (κ2) is 5.63. The first kappa shape index (κ1) is 11.9. The van der Waals surface area contributed by atoms with Crippen molar-refractivity contribution in [2.75, 3.05) is 0 Å². The minimum atomic E-state index is -1.01. The van der Waals surface area contributed by atoms with Crippen LogP contribution in [0.15, 0.2) is 54.9 Å². The zero-order valence-corrected chi connectivity index (χ0v) is 9.48. The van der Waals surface area contributed by atoms with Gasteiger partial charge in [0.1, 0.15) is 11.5 Å². The molecule has 1 N–H and O–H groups in total. The highest BCUT2D eigenvalue weighted by atomic mass is 16.5. The van der Waals surface area contributed by atoms with Gasteiger partial charge in [0.15, 0.2) is 0 Å². The normalized spacial score (nSPS) is 10.4. The number of carboxylic acids is 1. The average Bonchev–Trinajstić information content (AvgIpc) is 2.39. The lowest BCUT2D eigenvalue weighted by atomic mass is 10.2. The van der Waals surface area contributed by atoms with Crippen molar-refractivity contribution in [2.24, 2.45) is 0 Å². The van der Waals surface area contributed by atoms with Gasteiger partial charge in [0.2, 0.25) is 0 Å². The Balaban J connectivity index is 2.25. The standard InChI is InChI=1S/C14H11NO3/c16-14(17)7-6-11-10-15-9-8-13(11)18-12-4-2-1-3-5-12/h1-10H,(H,16,17)/b7-6+. The predicted octanol–water partition coefficient (Wildman–Crippen LogP) is 2.97. The number of ether oxygens (including phenoxy) is 1. The van der Waals surface area contributed by atoms with E-state index in [0.29, 0.717) is 17.1 Å². The number of para-hydroxylation sites is 1. The quantitative estimate of drug-likeness (QED) is 0.836. The maximum atomic E-state index is 10.5. The number of hydrogen-bond acceptors (Lipinski definition) is 3. The van der Waals surface area contributed by atoms with Crippen LogP contribution in [0.2, 0.25) is 0 Å². The molecule has 4 heteroatoms. The van der Waals surface area contributed by atoms with Crippen LogP contribution in [-0.2, 0) is 4.79 Å². The largest absolute Gasteiger partial charge is 0.478 e. The summed E-state index contributed by atoms with van der Waals surface area (Å²) < 4.78 is 5.66.